The molecule has 0 unspecified atom stereocenters. The highest BCUT2D eigenvalue weighted by Gasteiger charge is 2.01. The van der Waals surface area contributed by atoms with E-state index in [-0.39, 0.29) is 0 Å². The highest BCUT2D eigenvalue weighted by atomic mass is 14.9. The summed E-state index contributed by atoms with van der Waals surface area (Å²) in [5.74, 6) is 0.505. The second-order valence-corrected chi connectivity index (χ2v) is 3.78. The van der Waals surface area contributed by atoms with Gasteiger partial charge in [-0.3, -0.25) is 0 Å². The molecule has 82 valence electrons. The lowest BCUT2D eigenvalue weighted by atomic mass is 10.0. The van der Waals surface area contributed by atoms with E-state index in [4.69, 9.17) is 5.73 Å². The van der Waals surface area contributed by atoms with Crippen LogP contribution in [0.2, 0.25) is 0 Å². The Labute approximate surface area is 95.4 Å². The van der Waals surface area contributed by atoms with Crippen molar-refractivity contribution in [1.29, 1.82) is 0 Å². The summed E-state index contributed by atoms with van der Waals surface area (Å²) in [7, 11) is 0. The number of hydrogen-bond acceptors (Lipinski definition) is 3. The van der Waals surface area contributed by atoms with Crippen molar-refractivity contribution in [1.82, 2.24) is 9.97 Å². The van der Waals surface area contributed by atoms with Crippen molar-refractivity contribution in [2.75, 3.05) is 5.73 Å². The summed E-state index contributed by atoms with van der Waals surface area (Å²) in [6.45, 7) is 2.18. The Morgan fingerprint density at radius 3 is 2.81 bits per heavy atom. The molecule has 0 bridgehead atoms. The summed E-state index contributed by atoms with van der Waals surface area (Å²) < 4.78 is 0. The van der Waals surface area contributed by atoms with E-state index in [2.05, 4.69) is 35.1 Å². The molecule has 1 heterocycles. The van der Waals surface area contributed by atoms with Crippen LogP contribution < -0.4 is 5.73 Å². The van der Waals surface area contributed by atoms with Crippen molar-refractivity contribution in [3.05, 3.63) is 42.2 Å². The quantitative estimate of drug-likeness (QED) is 0.852. The van der Waals surface area contributed by atoms with E-state index in [0.717, 1.165) is 24.1 Å². The molecule has 2 rings (SSSR count). The highest BCUT2D eigenvalue weighted by Crippen LogP contribution is 2.19. The Bertz CT molecular complexity index is 480. The first kappa shape index (κ1) is 10.6. The van der Waals surface area contributed by atoms with Crippen LogP contribution in [0.25, 0.3) is 11.3 Å². The minimum atomic E-state index is 0.505. The van der Waals surface area contributed by atoms with Crippen LogP contribution in [0.3, 0.4) is 0 Å². The molecule has 0 spiro atoms. The summed E-state index contributed by atoms with van der Waals surface area (Å²) in [5, 5.41) is 0. The zero-order valence-electron chi connectivity index (χ0n) is 9.35. The van der Waals surface area contributed by atoms with Gasteiger partial charge in [0, 0.05) is 11.6 Å². The molecule has 0 radical (unpaired) electrons. The fraction of sp³-hybridized carbons (Fsp3) is 0.231. The number of anilines is 1. The molecule has 0 atom stereocenters. The molecule has 0 fully saturated rings. The van der Waals surface area contributed by atoms with E-state index >= 15 is 0 Å². The van der Waals surface area contributed by atoms with Crippen LogP contribution in [0.15, 0.2) is 36.7 Å². The van der Waals surface area contributed by atoms with Crippen LogP contribution in [0.1, 0.15) is 18.9 Å². The first-order valence-corrected chi connectivity index (χ1v) is 5.46. The first-order valence-electron chi connectivity index (χ1n) is 5.46. The van der Waals surface area contributed by atoms with Crippen molar-refractivity contribution in [3.63, 3.8) is 0 Å². The molecule has 0 amide bonds. The van der Waals surface area contributed by atoms with E-state index in [1.165, 1.54) is 11.9 Å². The second kappa shape index (κ2) is 4.75. The number of aryl methyl sites for hydroxylation is 1. The number of aromatic nitrogens is 2. The van der Waals surface area contributed by atoms with Crippen LogP contribution >= 0.6 is 0 Å². The second-order valence-electron chi connectivity index (χ2n) is 3.78. The highest BCUT2D eigenvalue weighted by molar-refractivity contribution is 5.62. The van der Waals surface area contributed by atoms with Gasteiger partial charge in [-0.05, 0) is 18.1 Å². The lowest BCUT2D eigenvalue weighted by molar-refractivity contribution is 0.922. The zero-order valence-corrected chi connectivity index (χ0v) is 9.35. The van der Waals surface area contributed by atoms with Gasteiger partial charge < -0.3 is 5.73 Å². The molecule has 0 aliphatic heterocycles. The third-order valence-electron chi connectivity index (χ3n) is 2.45. The fourth-order valence-corrected chi connectivity index (χ4v) is 1.71. The van der Waals surface area contributed by atoms with Gasteiger partial charge in [-0.25, -0.2) is 9.97 Å². The van der Waals surface area contributed by atoms with Crippen LogP contribution in [0, 0.1) is 0 Å². The lowest BCUT2D eigenvalue weighted by Crippen LogP contribution is -1.93. The standard InChI is InChI=1S/C13H15N3/c1-2-4-10-5-3-6-11(7-10)12-8-13(14)16-9-15-12/h3,5-9H,2,4H2,1H3,(H2,14,15,16). The van der Waals surface area contributed by atoms with Gasteiger partial charge in [0.2, 0.25) is 0 Å². The van der Waals surface area contributed by atoms with Crippen molar-refractivity contribution < 1.29 is 0 Å². The largest absolute Gasteiger partial charge is 0.384 e. The number of benzene rings is 1. The molecule has 2 N–H and O–H groups in total. The third kappa shape index (κ3) is 2.37. The van der Waals surface area contributed by atoms with Crippen molar-refractivity contribution in [2.45, 2.75) is 19.8 Å². The van der Waals surface area contributed by atoms with Gasteiger partial charge in [0.05, 0.1) is 5.69 Å². The maximum absolute atomic E-state index is 5.64. The molecule has 3 nitrogen and oxygen atoms in total. The molecule has 0 aliphatic rings. The minimum absolute atomic E-state index is 0.505. The van der Waals surface area contributed by atoms with Gasteiger partial charge in [-0.15, -0.1) is 0 Å². The number of nitrogen functional groups attached to an aromatic ring is 1. The van der Waals surface area contributed by atoms with E-state index in [1.807, 2.05) is 6.07 Å². The maximum Gasteiger partial charge on any atom is 0.127 e. The molecular weight excluding hydrogens is 198 g/mol. The molecule has 0 saturated carbocycles. The average molecular weight is 213 g/mol. The van der Waals surface area contributed by atoms with Crippen LogP contribution in [-0.4, -0.2) is 9.97 Å². The molecule has 2 aromatic rings. The Morgan fingerprint density at radius 2 is 2.06 bits per heavy atom. The van der Waals surface area contributed by atoms with Gasteiger partial charge >= 0.3 is 0 Å². The number of nitrogens with zero attached hydrogens (tertiary/aromatic N) is 2. The number of hydrogen-bond donors (Lipinski definition) is 1. The smallest absolute Gasteiger partial charge is 0.127 e. The molecule has 1 aromatic carbocycles. The SMILES string of the molecule is CCCc1cccc(-c2cc(N)ncn2)c1. The van der Waals surface area contributed by atoms with E-state index in [1.54, 1.807) is 6.07 Å². The van der Waals surface area contributed by atoms with Gasteiger partial charge in [-0.1, -0.05) is 31.5 Å². The van der Waals surface area contributed by atoms with Gasteiger partial charge in [0.25, 0.3) is 0 Å². The monoisotopic (exact) mass is 213 g/mol. The van der Waals surface area contributed by atoms with Crippen molar-refractivity contribution >= 4 is 5.82 Å². The number of rotatable bonds is 3. The topological polar surface area (TPSA) is 51.8 Å². The summed E-state index contributed by atoms with van der Waals surface area (Å²) in [4.78, 5) is 8.11. The van der Waals surface area contributed by atoms with Crippen LogP contribution in [0.5, 0.6) is 0 Å². The van der Waals surface area contributed by atoms with Gasteiger partial charge in [0.1, 0.15) is 12.1 Å². The Kier molecular flexibility index (Phi) is 3.15. The first-order chi connectivity index (χ1) is 7.79. The van der Waals surface area contributed by atoms with E-state index in [9.17, 15) is 0 Å². The van der Waals surface area contributed by atoms with E-state index < -0.39 is 0 Å². The summed E-state index contributed by atoms with van der Waals surface area (Å²) in [5.41, 5.74) is 8.95. The third-order valence-corrected chi connectivity index (χ3v) is 2.45. The minimum Gasteiger partial charge on any atom is -0.384 e. The summed E-state index contributed by atoms with van der Waals surface area (Å²) in [6.07, 6.45) is 3.74. The Balaban J connectivity index is 2.36. The summed E-state index contributed by atoms with van der Waals surface area (Å²) in [6, 6.07) is 10.2. The predicted octanol–water partition coefficient (Wildman–Crippen LogP) is 2.68. The Hall–Kier alpha value is -1.90. The number of nitrogens with two attached hydrogens (primary N) is 1. The Morgan fingerprint density at radius 1 is 1.19 bits per heavy atom. The maximum atomic E-state index is 5.64. The summed E-state index contributed by atoms with van der Waals surface area (Å²) >= 11 is 0. The van der Waals surface area contributed by atoms with Crippen molar-refractivity contribution in [2.24, 2.45) is 0 Å². The predicted molar refractivity (Wildman–Crippen MR) is 65.9 cm³/mol. The molecule has 3 heteroatoms. The molecule has 16 heavy (non-hydrogen) atoms. The van der Waals surface area contributed by atoms with Gasteiger partial charge in [0.15, 0.2) is 0 Å². The van der Waals surface area contributed by atoms with E-state index in [0.29, 0.717) is 5.82 Å². The average Bonchev–Trinajstić information content (AvgIpc) is 2.30. The normalized spacial score (nSPS) is 10.3. The van der Waals surface area contributed by atoms with Crippen LogP contribution in [0.4, 0.5) is 5.82 Å². The molecular formula is C13H15N3. The lowest BCUT2D eigenvalue weighted by Gasteiger charge is -2.04. The van der Waals surface area contributed by atoms with Crippen LogP contribution in [-0.2, 0) is 6.42 Å². The van der Waals surface area contributed by atoms with Gasteiger partial charge in [-0.2, -0.15) is 0 Å². The zero-order chi connectivity index (χ0) is 11.4. The fourth-order valence-electron chi connectivity index (χ4n) is 1.71. The molecule has 0 aliphatic carbocycles. The van der Waals surface area contributed by atoms with Crippen molar-refractivity contribution in [3.8, 4) is 11.3 Å². The molecule has 0 saturated heterocycles. The molecule has 1 aromatic heterocycles.